The molecule has 2 aromatic carbocycles. The van der Waals surface area contributed by atoms with Gasteiger partial charge in [0.15, 0.2) is 0 Å². The molecule has 0 amide bonds. The van der Waals surface area contributed by atoms with Crippen LogP contribution in [-0.4, -0.2) is 11.7 Å². The molecule has 0 aliphatic rings. The Morgan fingerprint density at radius 1 is 0.842 bits per heavy atom. The van der Waals surface area contributed by atoms with E-state index in [4.69, 9.17) is 10.8 Å². The summed E-state index contributed by atoms with van der Waals surface area (Å²) in [6, 6.07) is 18.8. The van der Waals surface area contributed by atoms with Crippen molar-refractivity contribution in [3.63, 3.8) is 0 Å². The Morgan fingerprint density at radius 2 is 1.47 bits per heavy atom. The Labute approximate surface area is 114 Å². The van der Waals surface area contributed by atoms with Crippen molar-refractivity contribution in [2.24, 2.45) is 5.73 Å². The zero-order valence-electron chi connectivity index (χ0n) is 11.1. The van der Waals surface area contributed by atoms with Crippen LogP contribution in [0.2, 0.25) is 0 Å². The van der Waals surface area contributed by atoms with Gasteiger partial charge in [-0.15, -0.1) is 0 Å². The fourth-order valence-corrected chi connectivity index (χ4v) is 2.20. The predicted molar refractivity (Wildman–Crippen MR) is 79.7 cm³/mol. The summed E-state index contributed by atoms with van der Waals surface area (Å²) in [5.74, 6) is 0. The van der Waals surface area contributed by atoms with Crippen LogP contribution in [0.1, 0.15) is 30.9 Å². The van der Waals surface area contributed by atoms with Gasteiger partial charge in [0.1, 0.15) is 0 Å². The molecule has 2 nitrogen and oxygen atoms in total. The molecule has 0 saturated heterocycles. The number of benzene rings is 2. The zero-order valence-corrected chi connectivity index (χ0v) is 11.1. The standard InChI is InChI=1S/C17H21NO/c18-17(8-4-5-13-19)16-11-9-15(10-12-16)14-6-2-1-3-7-14/h1-3,6-7,9-12,17,19H,4-5,8,13,18H2. The van der Waals surface area contributed by atoms with Crippen LogP contribution in [0.25, 0.3) is 11.1 Å². The molecule has 2 aromatic rings. The van der Waals surface area contributed by atoms with Crippen molar-refractivity contribution in [3.05, 3.63) is 60.2 Å². The number of nitrogens with two attached hydrogens (primary N) is 1. The lowest BCUT2D eigenvalue weighted by atomic mass is 9.98. The van der Waals surface area contributed by atoms with Crippen molar-refractivity contribution in [2.75, 3.05) is 6.61 Å². The van der Waals surface area contributed by atoms with Crippen LogP contribution in [-0.2, 0) is 0 Å². The van der Waals surface area contributed by atoms with E-state index in [1.807, 2.05) is 18.2 Å². The summed E-state index contributed by atoms with van der Waals surface area (Å²) in [5.41, 5.74) is 9.75. The first kappa shape index (κ1) is 13.8. The highest BCUT2D eigenvalue weighted by molar-refractivity contribution is 5.63. The Kier molecular flexibility index (Phi) is 5.13. The van der Waals surface area contributed by atoms with Crippen LogP contribution in [0.15, 0.2) is 54.6 Å². The lowest BCUT2D eigenvalue weighted by Crippen LogP contribution is -2.10. The molecule has 1 atom stereocenters. The molecule has 0 aliphatic heterocycles. The van der Waals surface area contributed by atoms with Gasteiger partial charge in [0.05, 0.1) is 0 Å². The van der Waals surface area contributed by atoms with Crippen LogP contribution in [0.5, 0.6) is 0 Å². The normalized spacial score (nSPS) is 12.3. The lowest BCUT2D eigenvalue weighted by molar-refractivity contribution is 0.281. The number of aliphatic hydroxyl groups is 1. The van der Waals surface area contributed by atoms with E-state index < -0.39 is 0 Å². The van der Waals surface area contributed by atoms with E-state index in [2.05, 4.69) is 36.4 Å². The van der Waals surface area contributed by atoms with Crippen molar-refractivity contribution in [3.8, 4) is 11.1 Å². The maximum atomic E-state index is 8.77. The number of hydrogen-bond acceptors (Lipinski definition) is 2. The summed E-state index contributed by atoms with van der Waals surface area (Å²) in [7, 11) is 0. The predicted octanol–water partition coefficient (Wildman–Crippen LogP) is 3.52. The smallest absolute Gasteiger partial charge is 0.0431 e. The summed E-state index contributed by atoms with van der Waals surface area (Å²) in [5, 5.41) is 8.77. The molecule has 100 valence electrons. The molecule has 0 aromatic heterocycles. The van der Waals surface area contributed by atoms with Crippen LogP contribution >= 0.6 is 0 Å². The second kappa shape index (κ2) is 7.07. The van der Waals surface area contributed by atoms with Gasteiger partial charge in [-0.3, -0.25) is 0 Å². The third kappa shape index (κ3) is 3.91. The molecule has 0 bridgehead atoms. The van der Waals surface area contributed by atoms with Gasteiger partial charge in [0.2, 0.25) is 0 Å². The average molecular weight is 255 g/mol. The summed E-state index contributed by atoms with van der Waals surface area (Å²) in [6.07, 6.45) is 2.72. The molecule has 0 heterocycles. The largest absolute Gasteiger partial charge is 0.396 e. The quantitative estimate of drug-likeness (QED) is 0.776. The maximum Gasteiger partial charge on any atom is 0.0431 e. The zero-order chi connectivity index (χ0) is 13.5. The first-order valence-electron chi connectivity index (χ1n) is 6.83. The van der Waals surface area contributed by atoms with Crippen LogP contribution in [0.3, 0.4) is 0 Å². The van der Waals surface area contributed by atoms with Crippen molar-refractivity contribution in [2.45, 2.75) is 25.3 Å². The van der Waals surface area contributed by atoms with Crippen molar-refractivity contribution >= 4 is 0 Å². The van der Waals surface area contributed by atoms with Gasteiger partial charge in [-0.05, 0) is 36.0 Å². The van der Waals surface area contributed by atoms with E-state index in [9.17, 15) is 0 Å². The van der Waals surface area contributed by atoms with Gasteiger partial charge in [0, 0.05) is 12.6 Å². The van der Waals surface area contributed by atoms with Gasteiger partial charge in [-0.25, -0.2) is 0 Å². The first-order valence-corrected chi connectivity index (χ1v) is 6.83. The Morgan fingerprint density at radius 3 is 2.11 bits per heavy atom. The van der Waals surface area contributed by atoms with Crippen molar-refractivity contribution in [1.29, 1.82) is 0 Å². The molecule has 1 unspecified atom stereocenters. The number of rotatable bonds is 6. The van der Waals surface area contributed by atoms with Gasteiger partial charge >= 0.3 is 0 Å². The Hall–Kier alpha value is -1.64. The van der Waals surface area contributed by atoms with Gasteiger partial charge < -0.3 is 10.8 Å². The molecule has 19 heavy (non-hydrogen) atoms. The molecular weight excluding hydrogens is 234 g/mol. The highest BCUT2D eigenvalue weighted by atomic mass is 16.2. The monoisotopic (exact) mass is 255 g/mol. The summed E-state index contributed by atoms with van der Waals surface area (Å²) in [4.78, 5) is 0. The van der Waals surface area contributed by atoms with Crippen LogP contribution in [0.4, 0.5) is 0 Å². The number of aliphatic hydroxyl groups excluding tert-OH is 1. The Bertz CT molecular complexity index is 478. The summed E-state index contributed by atoms with van der Waals surface area (Å²) < 4.78 is 0. The average Bonchev–Trinajstić information content (AvgIpc) is 2.48. The van der Waals surface area contributed by atoms with Gasteiger partial charge in [-0.2, -0.15) is 0 Å². The molecule has 0 fully saturated rings. The maximum absolute atomic E-state index is 8.77. The highest BCUT2D eigenvalue weighted by Crippen LogP contribution is 2.22. The molecule has 0 spiro atoms. The van der Waals surface area contributed by atoms with E-state index in [1.54, 1.807) is 0 Å². The first-order chi connectivity index (χ1) is 9.31. The fraction of sp³-hybridized carbons (Fsp3) is 0.294. The number of unbranched alkanes of at least 4 members (excludes halogenated alkanes) is 1. The SMILES string of the molecule is NC(CCCCO)c1ccc(-c2ccccc2)cc1. The molecule has 0 saturated carbocycles. The van der Waals surface area contributed by atoms with Crippen LogP contribution in [0, 0.1) is 0 Å². The van der Waals surface area contributed by atoms with E-state index >= 15 is 0 Å². The second-order valence-corrected chi connectivity index (χ2v) is 4.81. The minimum atomic E-state index is 0.0661. The highest BCUT2D eigenvalue weighted by Gasteiger charge is 2.05. The molecular formula is C17H21NO. The molecule has 0 radical (unpaired) electrons. The lowest BCUT2D eigenvalue weighted by Gasteiger charge is -2.12. The minimum absolute atomic E-state index is 0.0661. The van der Waals surface area contributed by atoms with Gasteiger partial charge in [0.25, 0.3) is 0 Å². The molecule has 2 rings (SSSR count). The van der Waals surface area contributed by atoms with E-state index in [0.717, 1.165) is 24.8 Å². The number of hydrogen-bond donors (Lipinski definition) is 2. The van der Waals surface area contributed by atoms with E-state index in [-0.39, 0.29) is 12.6 Å². The third-order valence-electron chi connectivity index (χ3n) is 3.37. The minimum Gasteiger partial charge on any atom is -0.396 e. The third-order valence-corrected chi connectivity index (χ3v) is 3.37. The molecule has 3 N–H and O–H groups in total. The van der Waals surface area contributed by atoms with Crippen molar-refractivity contribution in [1.82, 2.24) is 0 Å². The van der Waals surface area contributed by atoms with Gasteiger partial charge in [-0.1, -0.05) is 54.6 Å². The summed E-state index contributed by atoms with van der Waals surface area (Å²) >= 11 is 0. The fourth-order valence-electron chi connectivity index (χ4n) is 2.20. The second-order valence-electron chi connectivity index (χ2n) is 4.81. The van der Waals surface area contributed by atoms with Crippen molar-refractivity contribution < 1.29 is 5.11 Å². The molecule has 2 heteroatoms. The molecule has 0 aliphatic carbocycles. The topological polar surface area (TPSA) is 46.2 Å². The summed E-state index contributed by atoms with van der Waals surface area (Å²) in [6.45, 7) is 0.250. The Balaban J connectivity index is 2.02. The van der Waals surface area contributed by atoms with Crippen LogP contribution < -0.4 is 5.73 Å². The van der Waals surface area contributed by atoms with E-state index in [0.29, 0.717) is 0 Å². The van der Waals surface area contributed by atoms with E-state index in [1.165, 1.54) is 11.1 Å².